The summed E-state index contributed by atoms with van der Waals surface area (Å²) in [6.07, 6.45) is 0. The zero-order valence-corrected chi connectivity index (χ0v) is 12.3. The van der Waals surface area contributed by atoms with Crippen molar-refractivity contribution < 1.29 is 13.6 Å². The first-order valence-corrected chi connectivity index (χ1v) is 6.64. The topological polar surface area (TPSA) is 29.1 Å². The van der Waals surface area contributed by atoms with Crippen LogP contribution in [0, 0.1) is 15.2 Å². The monoisotopic (exact) mass is 393 g/mol. The third-order valence-electron chi connectivity index (χ3n) is 2.36. The summed E-state index contributed by atoms with van der Waals surface area (Å²) in [5.41, 5.74) is 0.297. The number of carbonyl (C=O) groups excluding carboxylic acids is 1. The van der Waals surface area contributed by atoms with E-state index in [4.69, 9.17) is 11.6 Å². The summed E-state index contributed by atoms with van der Waals surface area (Å²) in [5.74, 6) is -2.00. The second kappa shape index (κ2) is 5.83. The minimum atomic E-state index is -0.822. The quantitative estimate of drug-likeness (QED) is 0.749. The molecule has 0 unspecified atom stereocenters. The Morgan fingerprint density at radius 2 is 1.89 bits per heavy atom. The Kier molecular flexibility index (Phi) is 4.36. The van der Waals surface area contributed by atoms with Crippen molar-refractivity contribution in [1.82, 2.24) is 0 Å². The molecular weight excluding hydrogens is 387 g/mol. The fourth-order valence-corrected chi connectivity index (χ4v) is 2.57. The third kappa shape index (κ3) is 3.42. The van der Waals surface area contributed by atoms with E-state index in [1.807, 2.05) is 22.6 Å². The van der Waals surface area contributed by atoms with E-state index in [-0.39, 0.29) is 5.69 Å². The second-order valence-corrected chi connectivity index (χ2v) is 5.30. The number of amides is 1. The van der Waals surface area contributed by atoms with E-state index in [2.05, 4.69) is 5.32 Å². The molecular formula is C13H7ClF2INO. The van der Waals surface area contributed by atoms with Gasteiger partial charge >= 0.3 is 0 Å². The van der Waals surface area contributed by atoms with E-state index in [0.717, 1.165) is 6.07 Å². The summed E-state index contributed by atoms with van der Waals surface area (Å²) < 4.78 is 26.8. The molecule has 0 fully saturated rings. The molecule has 0 saturated carbocycles. The molecule has 0 spiro atoms. The SMILES string of the molecule is O=C(Nc1ccc(F)cc1F)c1ccc(Cl)cc1I. The molecule has 2 rings (SSSR count). The Hall–Kier alpha value is -1.21. The Morgan fingerprint density at radius 1 is 1.16 bits per heavy atom. The molecule has 0 radical (unpaired) electrons. The maximum absolute atomic E-state index is 13.4. The van der Waals surface area contributed by atoms with Crippen molar-refractivity contribution in [2.24, 2.45) is 0 Å². The molecule has 0 aliphatic rings. The standard InChI is InChI=1S/C13H7ClF2INO/c14-7-1-3-9(11(17)5-7)13(19)18-12-4-2-8(15)6-10(12)16/h1-6H,(H,18,19). The van der Waals surface area contributed by atoms with Crippen molar-refractivity contribution >= 4 is 45.8 Å². The number of rotatable bonds is 2. The van der Waals surface area contributed by atoms with Crippen LogP contribution in [-0.2, 0) is 0 Å². The molecule has 1 N–H and O–H groups in total. The summed E-state index contributed by atoms with van der Waals surface area (Å²) in [5, 5.41) is 2.89. The average Bonchev–Trinajstić information content (AvgIpc) is 2.32. The van der Waals surface area contributed by atoms with E-state index in [1.165, 1.54) is 6.07 Å². The van der Waals surface area contributed by atoms with Gasteiger partial charge in [0, 0.05) is 14.7 Å². The van der Waals surface area contributed by atoms with E-state index in [9.17, 15) is 13.6 Å². The van der Waals surface area contributed by atoms with Gasteiger partial charge in [-0.05, 0) is 52.9 Å². The molecule has 0 atom stereocenters. The summed E-state index contributed by atoms with van der Waals surface area (Å²) in [4.78, 5) is 12.0. The molecule has 0 saturated heterocycles. The van der Waals surface area contributed by atoms with E-state index >= 15 is 0 Å². The first-order chi connectivity index (χ1) is 8.97. The number of halogens is 4. The lowest BCUT2D eigenvalue weighted by Crippen LogP contribution is -2.14. The van der Waals surface area contributed by atoms with E-state index in [0.29, 0.717) is 20.2 Å². The lowest BCUT2D eigenvalue weighted by atomic mass is 10.2. The molecule has 19 heavy (non-hydrogen) atoms. The predicted molar refractivity (Wildman–Crippen MR) is 78.5 cm³/mol. The molecule has 0 heterocycles. The summed E-state index contributed by atoms with van der Waals surface area (Å²) in [6.45, 7) is 0. The van der Waals surface area contributed by atoms with Gasteiger partial charge in [-0.15, -0.1) is 0 Å². The van der Waals surface area contributed by atoms with Crippen LogP contribution >= 0.6 is 34.2 Å². The van der Waals surface area contributed by atoms with Gasteiger partial charge in [0.1, 0.15) is 11.6 Å². The first-order valence-electron chi connectivity index (χ1n) is 5.19. The van der Waals surface area contributed by atoms with Gasteiger partial charge < -0.3 is 5.32 Å². The second-order valence-electron chi connectivity index (χ2n) is 3.70. The van der Waals surface area contributed by atoms with Crippen LogP contribution in [-0.4, -0.2) is 5.91 Å². The highest BCUT2D eigenvalue weighted by atomic mass is 127. The predicted octanol–water partition coefficient (Wildman–Crippen LogP) is 4.48. The highest BCUT2D eigenvalue weighted by Crippen LogP contribution is 2.21. The maximum Gasteiger partial charge on any atom is 0.256 e. The van der Waals surface area contributed by atoms with Crippen LogP contribution in [0.3, 0.4) is 0 Å². The number of anilines is 1. The lowest BCUT2D eigenvalue weighted by molar-refractivity contribution is 0.102. The van der Waals surface area contributed by atoms with Crippen molar-refractivity contribution in [1.29, 1.82) is 0 Å². The van der Waals surface area contributed by atoms with Crippen LogP contribution in [0.15, 0.2) is 36.4 Å². The minimum Gasteiger partial charge on any atom is -0.319 e. The van der Waals surface area contributed by atoms with E-state index in [1.54, 1.807) is 18.2 Å². The highest BCUT2D eigenvalue weighted by Gasteiger charge is 2.13. The minimum absolute atomic E-state index is 0.0721. The van der Waals surface area contributed by atoms with Gasteiger partial charge in [0.15, 0.2) is 0 Å². The molecule has 6 heteroatoms. The number of benzene rings is 2. The normalized spacial score (nSPS) is 10.3. The maximum atomic E-state index is 13.4. The summed E-state index contributed by atoms with van der Waals surface area (Å²) in [6, 6.07) is 7.69. The molecule has 2 aromatic carbocycles. The van der Waals surface area contributed by atoms with Crippen LogP contribution in [0.5, 0.6) is 0 Å². The van der Waals surface area contributed by atoms with Crippen molar-refractivity contribution in [3.05, 3.63) is 62.2 Å². The molecule has 0 aromatic heterocycles. The van der Waals surface area contributed by atoms with Crippen molar-refractivity contribution in [2.45, 2.75) is 0 Å². The molecule has 2 aromatic rings. The van der Waals surface area contributed by atoms with Gasteiger partial charge in [-0.25, -0.2) is 8.78 Å². The Morgan fingerprint density at radius 3 is 2.53 bits per heavy atom. The van der Waals surface area contributed by atoms with Crippen LogP contribution < -0.4 is 5.32 Å². The first kappa shape index (κ1) is 14.2. The highest BCUT2D eigenvalue weighted by molar-refractivity contribution is 14.1. The van der Waals surface area contributed by atoms with Crippen molar-refractivity contribution in [3.8, 4) is 0 Å². The Bertz CT molecular complexity index is 649. The Balaban J connectivity index is 2.25. The van der Waals surface area contributed by atoms with Crippen LogP contribution in [0.2, 0.25) is 5.02 Å². The van der Waals surface area contributed by atoms with Gasteiger partial charge in [-0.1, -0.05) is 11.6 Å². The largest absolute Gasteiger partial charge is 0.319 e. The van der Waals surface area contributed by atoms with Gasteiger partial charge in [-0.2, -0.15) is 0 Å². The van der Waals surface area contributed by atoms with Gasteiger partial charge in [0.25, 0.3) is 5.91 Å². The number of nitrogens with one attached hydrogen (secondary N) is 1. The van der Waals surface area contributed by atoms with Crippen molar-refractivity contribution in [3.63, 3.8) is 0 Å². The molecule has 0 aliphatic heterocycles. The number of hydrogen-bond donors (Lipinski definition) is 1. The van der Waals surface area contributed by atoms with Crippen molar-refractivity contribution in [2.75, 3.05) is 5.32 Å². The lowest BCUT2D eigenvalue weighted by Gasteiger charge is -2.08. The van der Waals surface area contributed by atoms with E-state index < -0.39 is 17.5 Å². The molecule has 1 amide bonds. The zero-order valence-electron chi connectivity index (χ0n) is 9.38. The number of carbonyl (C=O) groups is 1. The summed E-state index contributed by atoms with van der Waals surface area (Å²) >= 11 is 7.75. The molecule has 2 nitrogen and oxygen atoms in total. The van der Waals surface area contributed by atoms with Crippen LogP contribution in [0.1, 0.15) is 10.4 Å². The Labute approximate surface area is 126 Å². The number of hydrogen-bond acceptors (Lipinski definition) is 1. The van der Waals surface area contributed by atoms with Gasteiger partial charge in [-0.3, -0.25) is 4.79 Å². The summed E-state index contributed by atoms with van der Waals surface area (Å²) in [7, 11) is 0. The van der Waals surface area contributed by atoms with Crippen LogP contribution in [0.25, 0.3) is 0 Å². The van der Waals surface area contributed by atoms with Gasteiger partial charge in [0.2, 0.25) is 0 Å². The third-order valence-corrected chi connectivity index (χ3v) is 3.48. The smallest absolute Gasteiger partial charge is 0.256 e. The molecule has 0 aliphatic carbocycles. The fourth-order valence-electron chi connectivity index (χ4n) is 1.45. The molecule has 0 bridgehead atoms. The van der Waals surface area contributed by atoms with Crippen LogP contribution in [0.4, 0.5) is 14.5 Å². The average molecular weight is 394 g/mol. The fraction of sp³-hybridized carbons (Fsp3) is 0. The molecule has 98 valence electrons. The zero-order chi connectivity index (χ0) is 14.0. The van der Waals surface area contributed by atoms with Gasteiger partial charge in [0.05, 0.1) is 11.3 Å².